The lowest BCUT2D eigenvalue weighted by Gasteiger charge is -2.17. The predicted molar refractivity (Wildman–Crippen MR) is 95.5 cm³/mol. The number of hydrogen-bond donors (Lipinski definition) is 3. The van der Waals surface area contributed by atoms with Crippen LogP contribution >= 0.6 is 0 Å². The zero-order valence-corrected chi connectivity index (χ0v) is 13.8. The first kappa shape index (κ1) is 16.9. The van der Waals surface area contributed by atoms with Crippen LogP contribution in [0.5, 0.6) is 0 Å². The van der Waals surface area contributed by atoms with E-state index in [0.717, 1.165) is 12.0 Å². The molecule has 0 radical (unpaired) electrons. The number of hydrogen-bond acceptors (Lipinski definition) is 4. The molecule has 1 amide bonds. The van der Waals surface area contributed by atoms with Gasteiger partial charge in [0.25, 0.3) is 11.5 Å². The first-order valence-electron chi connectivity index (χ1n) is 8.12. The second kappa shape index (κ2) is 7.27. The van der Waals surface area contributed by atoms with Gasteiger partial charge in [-0.1, -0.05) is 49.4 Å². The summed E-state index contributed by atoms with van der Waals surface area (Å²) in [6.45, 7) is 1.83. The Morgan fingerprint density at radius 2 is 1.84 bits per heavy atom. The number of fused-ring (bicyclic) bond motifs is 1. The molecule has 0 fully saturated rings. The van der Waals surface area contributed by atoms with Crippen LogP contribution in [0, 0.1) is 0 Å². The fraction of sp³-hybridized carbons (Fsp3) is 0.211. The van der Waals surface area contributed by atoms with Gasteiger partial charge in [-0.25, -0.2) is 5.10 Å². The van der Waals surface area contributed by atoms with E-state index in [-0.39, 0.29) is 17.9 Å². The molecule has 2 aromatic carbocycles. The number of aliphatic hydroxyl groups is 1. The minimum Gasteiger partial charge on any atom is -0.394 e. The van der Waals surface area contributed by atoms with E-state index in [0.29, 0.717) is 10.8 Å². The predicted octanol–water partition coefficient (Wildman–Crippen LogP) is 1.95. The van der Waals surface area contributed by atoms with Crippen molar-refractivity contribution in [1.29, 1.82) is 0 Å². The number of aryl methyl sites for hydroxylation is 1. The molecule has 1 heterocycles. The highest BCUT2D eigenvalue weighted by atomic mass is 16.3. The van der Waals surface area contributed by atoms with E-state index in [2.05, 4.69) is 22.4 Å². The van der Waals surface area contributed by atoms with Gasteiger partial charge in [0.2, 0.25) is 0 Å². The number of benzene rings is 2. The molecule has 3 N–H and O–H groups in total. The summed E-state index contributed by atoms with van der Waals surface area (Å²) in [5, 5.41) is 19.5. The number of nitrogens with zero attached hydrogens (tertiary/aromatic N) is 1. The van der Waals surface area contributed by atoms with Gasteiger partial charge in [-0.3, -0.25) is 9.59 Å². The molecule has 25 heavy (non-hydrogen) atoms. The highest BCUT2D eigenvalue weighted by molar-refractivity contribution is 6.04. The maximum Gasteiger partial charge on any atom is 0.272 e. The van der Waals surface area contributed by atoms with Crippen LogP contribution in [0.15, 0.2) is 53.3 Å². The summed E-state index contributed by atoms with van der Waals surface area (Å²) < 4.78 is 0. The molecule has 0 bridgehead atoms. The smallest absolute Gasteiger partial charge is 0.272 e. The molecule has 6 nitrogen and oxygen atoms in total. The summed E-state index contributed by atoms with van der Waals surface area (Å²) in [6.07, 6.45) is 0.920. The Labute approximate surface area is 144 Å². The number of nitrogens with one attached hydrogen (secondary N) is 2. The Morgan fingerprint density at radius 1 is 1.16 bits per heavy atom. The third kappa shape index (κ3) is 3.44. The van der Waals surface area contributed by atoms with Crippen molar-refractivity contribution in [2.45, 2.75) is 19.4 Å². The highest BCUT2D eigenvalue weighted by Gasteiger charge is 2.19. The van der Waals surface area contributed by atoms with Crippen LogP contribution in [0.25, 0.3) is 10.8 Å². The first-order chi connectivity index (χ1) is 12.1. The van der Waals surface area contributed by atoms with Crippen LogP contribution in [-0.4, -0.2) is 27.8 Å². The Kier molecular flexibility index (Phi) is 4.90. The Morgan fingerprint density at radius 3 is 2.48 bits per heavy atom. The molecule has 0 aliphatic rings. The van der Waals surface area contributed by atoms with Crippen molar-refractivity contribution in [3.63, 3.8) is 0 Å². The van der Waals surface area contributed by atoms with Crippen molar-refractivity contribution < 1.29 is 9.90 Å². The van der Waals surface area contributed by atoms with E-state index in [4.69, 9.17) is 0 Å². The van der Waals surface area contributed by atoms with Gasteiger partial charge in [-0.15, -0.1) is 0 Å². The highest BCUT2D eigenvalue weighted by Crippen LogP contribution is 2.17. The van der Waals surface area contributed by atoms with E-state index >= 15 is 0 Å². The van der Waals surface area contributed by atoms with Crippen molar-refractivity contribution in [1.82, 2.24) is 15.5 Å². The lowest BCUT2D eigenvalue weighted by atomic mass is 10.0. The molecule has 1 aromatic heterocycles. The number of aliphatic hydroxyl groups excluding tert-OH is 1. The fourth-order valence-electron chi connectivity index (χ4n) is 2.73. The van der Waals surface area contributed by atoms with E-state index < -0.39 is 11.9 Å². The average Bonchev–Trinajstić information content (AvgIpc) is 2.66. The molecule has 1 atom stereocenters. The number of carbonyl (C=O) groups excluding carboxylic acids is 1. The number of carbonyl (C=O) groups is 1. The lowest BCUT2D eigenvalue weighted by Crippen LogP contribution is -2.32. The number of rotatable bonds is 5. The summed E-state index contributed by atoms with van der Waals surface area (Å²) in [5.74, 6) is -0.453. The summed E-state index contributed by atoms with van der Waals surface area (Å²) in [5.41, 5.74) is 1.77. The third-order valence-corrected chi connectivity index (χ3v) is 4.19. The van der Waals surface area contributed by atoms with Gasteiger partial charge >= 0.3 is 0 Å². The Balaban J connectivity index is 1.90. The minimum absolute atomic E-state index is 0.124. The van der Waals surface area contributed by atoms with Gasteiger partial charge in [0.05, 0.1) is 18.0 Å². The molecular formula is C19H19N3O3. The first-order valence-corrected chi connectivity index (χ1v) is 8.12. The van der Waals surface area contributed by atoms with Crippen LogP contribution in [-0.2, 0) is 6.42 Å². The van der Waals surface area contributed by atoms with Gasteiger partial charge in [-0.05, 0) is 23.6 Å². The zero-order chi connectivity index (χ0) is 17.8. The van der Waals surface area contributed by atoms with Crippen molar-refractivity contribution in [3.05, 3.63) is 75.7 Å². The van der Waals surface area contributed by atoms with E-state index in [1.807, 2.05) is 24.3 Å². The number of aromatic amines is 1. The quantitative estimate of drug-likeness (QED) is 0.663. The van der Waals surface area contributed by atoms with E-state index in [1.165, 1.54) is 5.56 Å². The Hall–Kier alpha value is -2.99. The zero-order valence-electron chi connectivity index (χ0n) is 13.8. The van der Waals surface area contributed by atoms with Gasteiger partial charge in [0.15, 0.2) is 5.69 Å². The maximum atomic E-state index is 12.6. The van der Waals surface area contributed by atoms with Gasteiger partial charge < -0.3 is 10.4 Å². The summed E-state index contributed by atoms with van der Waals surface area (Å²) in [6, 6.07) is 14.0. The van der Waals surface area contributed by atoms with Crippen molar-refractivity contribution in [2.24, 2.45) is 0 Å². The number of aromatic nitrogens is 2. The fourth-order valence-corrected chi connectivity index (χ4v) is 2.73. The van der Waals surface area contributed by atoms with Crippen LogP contribution in [0.2, 0.25) is 0 Å². The molecule has 0 aliphatic heterocycles. The van der Waals surface area contributed by atoms with Crippen LogP contribution in [0.4, 0.5) is 0 Å². The second-order valence-corrected chi connectivity index (χ2v) is 5.75. The number of amides is 1. The van der Waals surface area contributed by atoms with Crippen LogP contribution < -0.4 is 10.9 Å². The summed E-state index contributed by atoms with van der Waals surface area (Å²) >= 11 is 0. The standard InChI is InChI=1S/C19H19N3O3/c1-2-12-7-9-13(10-8-12)16(11-23)20-19(25)17-14-5-3-4-6-15(14)18(24)22-21-17/h3-10,16,23H,2,11H2,1H3,(H,20,25)(H,22,24). The van der Waals surface area contributed by atoms with E-state index in [1.54, 1.807) is 24.3 Å². The molecule has 0 saturated heterocycles. The third-order valence-electron chi connectivity index (χ3n) is 4.19. The normalized spacial score (nSPS) is 12.1. The van der Waals surface area contributed by atoms with E-state index in [9.17, 15) is 14.7 Å². The van der Waals surface area contributed by atoms with Gasteiger partial charge in [-0.2, -0.15) is 5.10 Å². The lowest BCUT2D eigenvalue weighted by molar-refractivity contribution is 0.0912. The molecule has 3 rings (SSSR count). The van der Waals surface area contributed by atoms with Crippen LogP contribution in [0.1, 0.15) is 34.6 Å². The van der Waals surface area contributed by atoms with Crippen molar-refractivity contribution in [2.75, 3.05) is 6.61 Å². The Bertz CT molecular complexity index is 948. The molecule has 1 unspecified atom stereocenters. The van der Waals surface area contributed by atoms with Crippen LogP contribution in [0.3, 0.4) is 0 Å². The minimum atomic E-state index is -0.550. The van der Waals surface area contributed by atoms with Gasteiger partial charge in [0.1, 0.15) is 0 Å². The molecule has 0 aliphatic carbocycles. The monoisotopic (exact) mass is 337 g/mol. The van der Waals surface area contributed by atoms with Crippen molar-refractivity contribution >= 4 is 16.7 Å². The summed E-state index contributed by atoms with van der Waals surface area (Å²) in [4.78, 5) is 24.5. The maximum absolute atomic E-state index is 12.6. The largest absolute Gasteiger partial charge is 0.394 e. The molecule has 6 heteroatoms. The molecular weight excluding hydrogens is 318 g/mol. The van der Waals surface area contributed by atoms with Gasteiger partial charge in [0, 0.05) is 5.39 Å². The second-order valence-electron chi connectivity index (χ2n) is 5.75. The van der Waals surface area contributed by atoms with Crippen molar-refractivity contribution in [3.8, 4) is 0 Å². The molecule has 3 aromatic rings. The average molecular weight is 337 g/mol. The molecule has 0 spiro atoms. The summed E-state index contributed by atoms with van der Waals surface area (Å²) in [7, 11) is 0. The SMILES string of the molecule is CCc1ccc(C(CO)NC(=O)c2n[nH]c(=O)c3ccccc23)cc1. The molecule has 0 saturated carbocycles. The molecule has 128 valence electrons. The topological polar surface area (TPSA) is 95.1 Å². The number of H-pyrrole nitrogens is 1.